The number of nitrogen functional groups attached to an aromatic ring is 1. The van der Waals surface area contributed by atoms with E-state index in [-0.39, 0.29) is 5.56 Å². The van der Waals surface area contributed by atoms with Crippen molar-refractivity contribution in [2.45, 2.75) is 0 Å². The van der Waals surface area contributed by atoms with Crippen LogP contribution < -0.4 is 27.6 Å². The summed E-state index contributed by atoms with van der Waals surface area (Å²) in [6.45, 7) is 0. The molecule has 6 aromatic rings. The molecule has 6 rings (SSSR count). The third-order valence-electron chi connectivity index (χ3n) is 6.44. The van der Waals surface area contributed by atoms with Gasteiger partial charge in [-0.3, -0.25) is 5.84 Å². The van der Waals surface area contributed by atoms with Crippen LogP contribution >= 0.6 is 0 Å². The Balaban J connectivity index is 1.86. The van der Waals surface area contributed by atoms with E-state index in [4.69, 9.17) is 16.1 Å². The van der Waals surface area contributed by atoms with Crippen molar-refractivity contribution in [2.24, 2.45) is 11.7 Å². The van der Waals surface area contributed by atoms with Gasteiger partial charge in [-0.15, -0.1) is 5.10 Å². The van der Waals surface area contributed by atoms with Crippen molar-refractivity contribution in [3.63, 3.8) is 0 Å². The van der Waals surface area contributed by atoms with Crippen molar-refractivity contribution in [3.05, 3.63) is 95.8 Å². The number of nitrogens with one attached hydrogen (secondary N) is 2. The Hall–Kier alpha value is -4.88. The van der Waals surface area contributed by atoms with E-state index < -0.39 is 5.97 Å². The van der Waals surface area contributed by atoms with Crippen LogP contribution in [0.15, 0.2) is 89.3 Å². The molecular weight excluding hydrogens is 440 g/mol. The van der Waals surface area contributed by atoms with Crippen molar-refractivity contribution in [3.8, 4) is 11.1 Å². The van der Waals surface area contributed by atoms with Crippen molar-refractivity contribution in [1.29, 1.82) is 0 Å². The Bertz CT molecular complexity index is 1890. The second-order valence-corrected chi connectivity index (χ2v) is 8.37. The van der Waals surface area contributed by atoms with Crippen molar-refractivity contribution < 1.29 is 19.4 Å². The average Bonchev–Trinajstić information content (AvgIpc) is 2.90. The molecule has 7 heteroatoms. The smallest absolute Gasteiger partial charge is 0.336 e. The molecule has 0 amide bonds. The summed E-state index contributed by atoms with van der Waals surface area (Å²) in [6, 6.07) is 26.6. The number of hydrogen-bond donors (Lipinski definition) is 5. The third kappa shape index (κ3) is 3.18. The maximum absolute atomic E-state index is 12.2. The molecule has 0 spiro atoms. The lowest BCUT2D eigenvalue weighted by Gasteiger charge is -2.16. The molecular formula is C28H21N4O3+. The van der Waals surface area contributed by atoms with Gasteiger partial charge in [0.25, 0.3) is 0 Å². The predicted octanol–water partition coefficient (Wildman–Crippen LogP) is 3.40. The summed E-state index contributed by atoms with van der Waals surface area (Å²) >= 11 is 0. The molecule has 5 aromatic carbocycles. The van der Waals surface area contributed by atoms with Crippen molar-refractivity contribution in [1.82, 2.24) is 0 Å². The first-order chi connectivity index (χ1) is 17.1. The van der Waals surface area contributed by atoms with Crippen LogP contribution in [0, 0.1) is 0 Å². The summed E-state index contributed by atoms with van der Waals surface area (Å²) in [4.78, 5) is 12.2. The number of hydrazine groups is 2. The van der Waals surface area contributed by atoms with Gasteiger partial charge in [0, 0.05) is 44.9 Å². The van der Waals surface area contributed by atoms with Crippen LogP contribution in [-0.2, 0) is 0 Å². The van der Waals surface area contributed by atoms with Crippen LogP contribution in [0.4, 0.5) is 5.69 Å². The molecule has 0 unspecified atom stereocenters. The maximum Gasteiger partial charge on any atom is 0.336 e. The zero-order chi connectivity index (χ0) is 24.1. The van der Waals surface area contributed by atoms with Crippen LogP contribution in [0.25, 0.3) is 54.6 Å². The van der Waals surface area contributed by atoms with E-state index in [0.29, 0.717) is 16.7 Å². The highest BCUT2D eigenvalue weighted by atomic mass is 16.4. The minimum Gasteiger partial charge on any atom is -0.478 e. The zero-order valence-electron chi connectivity index (χ0n) is 18.5. The van der Waals surface area contributed by atoms with Crippen LogP contribution in [0.1, 0.15) is 10.4 Å². The third-order valence-corrected chi connectivity index (χ3v) is 6.44. The molecule has 7 N–H and O–H groups in total. The molecule has 170 valence electrons. The van der Waals surface area contributed by atoms with E-state index in [0.717, 1.165) is 48.9 Å². The van der Waals surface area contributed by atoms with E-state index in [2.05, 4.69) is 10.5 Å². The summed E-state index contributed by atoms with van der Waals surface area (Å²) < 4.78 is 6.63. The van der Waals surface area contributed by atoms with Gasteiger partial charge < -0.3 is 14.9 Å². The molecule has 0 fully saturated rings. The molecule has 0 aliphatic rings. The van der Waals surface area contributed by atoms with Gasteiger partial charge in [-0.05, 0) is 58.8 Å². The minimum atomic E-state index is -0.985. The molecule has 0 saturated carbocycles. The molecule has 0 radical (unpaired) electrons. The number of nitrogens with two attached hydrogens (primary N) is 2. The van der Waals surface area contributed by atoms with Crippen LogP contribution in [0.3, 0.4) is 0 Å². The fourth-order valence-electron chi connectivity index (χ4n) is 4.82. The number of benzene rings is 5. The van der Waals surface area contributed by atoms with E-state index in [1.807, 2.05) is 72.8 Å². The molecule has 35 heavy (non-hydrogen) atoms. The van der Waals surface area contributed by atoms with Crippen LogP contribution in [0.2, 0.25) is 0 Å². The summed E-state index contributed by atoms with van der Waals surface area (Å²) in [5, 5.41) is 18.8. The highest BCUT2D eigenvalue weighted by Crippen LogP contribution is 2.42. The number of rotatable bonds is 3. The number of hydrogen-bond acceptors (Lipinski definition) is 5. The predicted molar refractivity (Wildman–Crippen MR) is 137 cm³/mol. The Kier molecular flexibility index (Phi) is 4.65. The topological polar surface area (TPSA) is 128 Å². The first-order valence-electron chi connectivity index (χ1n) is 11.0. The highest BCUT2D eigenvalue weighted by Gasteiger charge is 2.20. The fraction of sp³-hybridized carbons (Fsp3) is 0. The van der Waals surface area contributed by atoms with Gasteiger partial charge in [-0.1, -0.05) is 30.3 Å². The quantitative estimate of drug-likeness (QED) is 0.119. The maximum atomic E-state index is 12.2. The number of aromatic carboxylic acids is 1. The van der Waals surface area contributed by atoms with E-state index in [1.54, 1.807) is 12.1 Å². The Morgan fingerprint density at radius 2 is 1.43 bits per heavy atom. The molecule has 0 bridgehead atoms. The lowest BCUT2D eigenvalue weighted by Crippen LogP contribution is -2.83. The molecule has 0 aliphatic carbocycles. The first kappa shape index (κ1) is 20.7. The van der Waals surface area contributed by atoms with E-state index >= 15 is 0 Å². The normalized spacial score (nSPS) is 12.1. The SMILES string of the molecule is NNc1ccc2c(ccc3c(-c4ccccc4C(=O)O)c4ccc5c/c(=[NH+]\N)ccc5c4oc32)c1. The summed E-state index contributed by atoms with van der Waals surface area (Å²) in [5.41, 5.74) is 6.46. The molecule has 7 nitrogen and oxygen atoms in total. The number of anilines is 1. The van der Waals surface area contributed by atoms with Crippen LogP contribution in [0.5, 0.6) is 0 Å². The minimum absolute atomic E-state index is 0.229. The summed E-state index contributed by atoms with van der Waals surface area (Å²) in [6.07, 6.45) is 0. The van der Waals surface area contributed by atoms with Gasteiger partial charge in [0.2, 0.25) is 5.36 Å². The number of fused-ring (bicyclic) bond motifs is 6. The highest BCUT2D eigenvalue weighted by molar-refractivity contribution is 6.20. The van der Waals surface area contributed by atoms with E-state index in [9.17, 15) is 9.90 Å². The van der Waals surface area contributed by atoms with Gasteiger partial charge >= 0.3 is 5.97 Å². The van der Waals surface area contributed by atoms with Gasteiger partial charge in [0.05, 0.1) is 5.56 Å². The van der Waals surface area contributed by atoms with Gasteiger partial charge in [-0.2, -0.15) is 0 Å². The number of carbonyl (C=O) groups is 1. The van der Waals surface area contributed by atoms with Gasteiger partial charge in [-0.25, -0.2) is 10.6 Å². The second-order valence-electron chi connectivity index (χ2n) is 8.37. The first-order valence-corrected chi connectivity index (χ1v) is 11.0. The number of carboxylic acids is 1. The molecule has 0 atom stereocenters. The average molecular weight is 462 g/mol. The largest absolute Gasteiger partial charge is 0.478 e. The summed E-state index contributed by atoms with van der Waals surface area (Å²) in [5.74, 6) is 10.2. The van der Waals surface area contributed by atoms with Gasteiger partial charge in [0.15, 0.2) is 0 Å². The monoisotopic (exact) mass is 461 g/mol. The molecule has 0 saturated heterocycles. The van der Waals surface area contributed by atoms with Crippen molar-refractivity contribution in [2.75, 3.05) is 5.43 Å². The molecule has 0 aliphatic heterocycles. The lowest BCUT2D eigenvalue weighted by molar-refractivity contribution is -0.512. The van der Waals surface area contributed by atoms with Gasteiger partial charge in [0.1, 0.15) is 11.2 Å². The standard InChI is InChI=1S/C28H20N4O3/c29-31-17-7-11-19-15(13-17)5-9-23-25(21-3-1-2-4-22(21)28(33)34)24-10-6-16-14-18(32-30)8-12-20(16)27(24)35-26(19)23/h1-14,31H,29-30H2,(H,33,34)/p+1/b32-18-. The lowest BCUT2D eigenvalue weighted by atomic mass is 9.91. The van der Waals surface area contributed by atoms with Crippen molar-refractivity contribution >= 4 is 55.1 Å². The van der Waals surface area contributed by atoms with E-state index in [1.165, 1.54) is 0 Å². The Morgan fingerprint density at radius 3 is 2.09 bits per heavy atom. The molecule has 1 heterocycles. The Morgan fingerprint density at radius 1 is 0.800 bits per heavy atom. The summed E-state index contributed by atoms with van der Waals surface area (Å²) in [7, 11) is 0. The second kappa shape index (κ2) is 7.86. The fourth-order valence-corrected chi connectivity index (χ4v) is 4.82. The zero-order valence-corrected chi connectivity index (χ0v) is 18.5. The van der Waals surface area contributed by atoms with Crippen LogP contribution in [-0.4, -0.2) is 11.1 Å². The molecule has 1 aromatic heterocycles. The Labute approximate surface area is 198 Å². The number of carboxylic acid groups (broad SMARTS) is 1.